The number of hydrogen-bond donors (Lipinski definition) is 1. The van der Waals surface area contributed by atoms with Crippen LogP contribution in [0.1, 0.15) is 18.2 Å². The minimum absolute atomic E-state index is 0.0973. The average molecular weight is 284 g/mol. The molecule has 1 heterocycles. The summed E-state index contributed by atoms with van der Waals surface area (Å²) in [6, 6.07) is 5.06. The summed E-state index contributed by atoms with van der Waals surface area (Å²) in [5.74, 6) is 0.326. The van der Waals surface area contributed by atoms with Crippen molar-refractivity contribution in [1.82, 2.24) is 4.98 Å². The zero-order valence-electron chi connectivity index (χ0n) is 11.4. The lowest BCUT2D eigenvalue weighted by Crippen LogP contribution is -2.13. The number of rotatable bonds is 3. The molecule has 0 aliphatic rings. The van der Waals surface area contributed by atoms with Crippen LogP contribution < -0.4 is 10.1 Å². The number of fused-ring (bicyclic) bond motifs is 1. The van der Waals surface area contributed by atoms with E-state index in [0.29, 0.717) is 23.4 Å². The number of pyridine rings is 1. The van der Waals surface area contributed by atoms with Gasteiger partial charge in [0.15, 0.2) is 0 Å². The molecular weight excluding hydrogens is 269 g/mol. The van der Waals surface area contributed by atoms with E-state index in [9.17, 15) is 13.2 Å². The second kappa shape index (κ2) is 5.19. The van der Waals surface area contributed by atoms with E-state index in [-0.39, 0.29) is 11.1 Å². The van der Waals surface area contributed by atoms with Gasteiger partial charge < -0.3 is 10.1 Å². The van der Waals surface area contributed by atoms with E-state index in [2.05, 4.69) is 10.3 Å². The Labute approximate surface area is 114 Å². The van der Waals surface area contributed by atoms with Crippen LogP contribution in [-0.4, -0.2) is 18.6 Å². The average Bonchev–Trinajstić information content (AvgIpc) is 2.39. The van der Waals surface area contributed by atoms with Gasteiger partial charge in [0.05, 0.1) is 7.11 Å². The van der Waals surface area contributed by atoms with Gasteiger partial charge in [0, 0.05) is 23.2 Å². The van der Waals surface area contributed by atoms with Crippen molar-refractivity contribution >= 4 is 16.6 Å². The van der Waals surface area contributed by atoms with Gasteiger partial charge >= 0.3 is 6.18 Å². The maximum atomic E-state index is 13.1. The number of aromatic nitrogens is 1. The molecule has 3 nitrogen and oxygen atoms in total. The van der Waals surface area contributed by atoms with Gasteiger partial charge in [-0.15, -0.1) is 0 Å². The Bertz CT molecular complexity index is 638. The van der Waals surface area contributed by atoms with E-state index in [1.165, 1.54) is 14.0 Å². The largest absolute Gasteiger partial charge is 0.494 e. The van der Waals surface area contributed by atoms with Gasteiger partial charge in [0.1, 0.15) is 17.0 Å². The van der Waals surface area contributed by atoms with Crippen LogP contribution in [0.25, 0.3) is 10.9 Å². The molecule has 108 valence electrons. The highest BCUT2D eigenvalue weighted by Crippen LogP contribution is 2.39. The number of benzene rings is 1. The smallest absolute Gasteiger partial charge is 0.433 e. The van der Waals surface area contributed by atoms with Crippen molar-refractivity contribution in [3.05, 3.63) is 29.5 Å². The van der Waals surface area contributed by atoms with Crippen molar-refractivity contribution in [1.29, 1.82) is 0 Å². The molecule has 0 bridgehead atoms. The highest BCUT2D eigenvalue weighted by molar-refractivity contribution is 5.96. The Kier molecular flexibility index (Phi) is 3.74. The summed E-state index contributed by atoms with van der Waals surface area (Å²) in [5.41, 5.74) is -0.127. The first-order chi connectivity index (χ1) is 9.40. The lowest BCUT2D eigenvalue weighted by molar-refractivity contribution is -0.141. The molecule has 0 aliphatic heterocycles. The van der Waals surface area contributed by atoms with E-state index in [0.717, 1.165) is 0 Å². The number of nitrogens with one attached hydrogen (secondary N) is 1. The summed E-state index contributed by atoms with van der Waals surface area (Å²) in [6.07, 6.45) is -4.50. The quantitative estimate of drug-likeness (QED) is 0.925. The van der Waals surface area contributed by atoms with Gasteiger partial charge in [-0.05, 0) is 19.9 Å². The lowest BCUT2D eigenvalue weighted by Gasteiger charge is -2.17. The zero-order chi connectivity index (χ0) is 14.9. The van der Waals surface area contributed by atoms with E-state index >= 15 is 0 Å². The monoisotopic (exact) mass is 284 g/mol. The van der Waals surface area contributed by atoms with Crippen LogP contribution in [0.4, 0.5) is 18.9 Å². The summed E-state index contributed by atoms with van der Waals surface area (Å²) in [5, 5.41) is 3.61. The highest BCUT2D eigenvalue weighted by Gasteiger charge is 2.36. The molecule has 6 heteroatoms. The van der Waals surface area contributed by atoms with Crippen LogP contribution in [0.3, 0.4) is 0 Å². The molecule has 1 aromatic heterocycles. The van der Waals surface area contributed by atoms with Crippen LogP contribution in [-0.2, 0) is 6.18 Å². The third-order valence-corrected chi connectivity index (χ3v) is 3.06. The molecule has 0 fully saturated rings. The van der Waals surface area contributed by atoms with E-state index < -0.39 is 11.9 Å². The first-order valence-electron chi connectivity index (χ1n) is 6.18. The topological polar surface area (TPSA) is 34.2 Å². The zero-order valence-corrected chi connectivity index (χ0v) is 11.4. The molecule has 0 spiro atoms. The highest BCUT2D eigenvalue weighted by atomic mass is 19.4. The fourth-order valence-electron chi connectivity index (χ4n) is 2.20. The number of halogens is 3. The number of nitrogens with zero attached hydrogens (tertiary/aromatic N) is 1. The molecular formula is C14H15F3N2O. The van der Waals surface area contributed by atoms with Crippen molar-refractivity contribution in [3.8, 4) is 5.75 Å². The van der Waals surface area contributed by atoms with Crippen molar-refractivity contribution in [2.45, 2.75) is 20.0 Å². The molecule has 1 N–H and O–H groups in total. The Morgan fingerprint density at radius 3 is 2.55 bits per heavy atom. The standard InChI is InChI=1S/C14H15F3N2O/c1-4-18-11-8(2)13(14(15,16)17)19-12-9(11)6-5-7-10(12)20-3/h5-7H,4H2,1-3H3,(H,18,19). The number of anilines is 1. The number of hydrogen-bond acceptors (Lipinski definition) is 3. The summed E-state index contributed by atoms with van der Waals surface area (Å²) in [4.78, 5) is 3.77. The molecule has 0 aliphatic carbocycles. The summed E-state index contributed by atoms with van der Waals surface area (Å²) in [6.45, 7) is 3.78. The van der Waals surface area contributed by atoms with Crippen molar-refractivity contribution in [2.24, 2.45) is 0 Å². The van der Waals surface area contributed by atoms with Crippen molar-refractivity contribution in [2.75, 3.05) is 19.0 Å². The third kappa shape index (κ3) is 2.37. The van der Waals surface area contributed by atoms with Gasteiger partial charge in [-0.3, -0.25) is 0 Å². The van der Waals surface area contributed by atoms with Crippen LogP contribution in [0.2, 0.25) is 0 Å². The Morgan fingerprint density at radius 1 is 1.30 bits per heavy atom. The first kappa shape index (κ1) is 14.4. The summed E-state index contributed by atoms with van der Waals surface area (Å²) in [7, 11) is 1.41. The van der Waals surface area contributed by atoms with Gasteiger partial charge in [-0.2, -0.15) is 13.2 Å². The molecule has 0 amide bonds. The van der Waals surface area contributed by atoms with E-state index in [1.54, 1.807) is 18.2 Å². The predicted molar refractivity (Wildman–Crippen MR) is 72.2 cm³/mol. The number of ether oxygens (including phenoxy) is 1. The molecule has 2 rings (SSSR count). The van der Waals surface area contributed by atoms with Gasteiger partial charge in [-0.25, -0.2) is 4.98 Å². The third-order valence-electron chi connectivity index (χ3n) is 3.06. The fraction of sp³-hybridized carbons (Fsp3) is 0.357. The second-order valence-electron chi connectivity index (χ2n) is 4.34. The fourth-order valence-corrected chi connectivity index (χ4v) is 2.20. The van der Waals surface area contributed by atoms with Gasteiger partial charge in [0.25, 0.3) is 0 Å². The van der Waals surface area contributed by atoms with E-state index in [4.69, 9.17) is 4.74 Å². The molecule has 0 saturated carbocycles. The molecule has 0 atom stereocenters. The molecule has 0 saturated heterocycles. The predicted octanol–water partition coefficient (Wildman–Crippen LogP) is 4.00. The minimum Gasteiger partial charge on any atom is -0.494 e. The van der Waals surface area contributed by atoms with Crippen LogP contribution in [0.15, 0.2) is 18.2 Å². The molecule has 0 radical (unpaired) electrons. The number of methoxy groups -OCH3 is 1. The second-order valence-corrected chi connectivity index (χ2v) is 4.34. The van der Waals surface area contributed by atoms with Crippen molar-refractivity contribution < 1.29 is 17.9 Å². The molecule has 20 heavy (non-hydrogen) atoms. The van der Waals surface area contributed by atoms with Crippen LogP contribution in [0, 0.1) is 6.92 Å². The minimum atomic E-state index is -4.50. The van der Waals surface area contributed by atoms with E-state index in [1.807, 2.05) is 6.92 Å². The van der Waals surface area contributed by atoms with Crippen molar-refractivity contribution in [3.63, 3.8) is 0 Å². The molecule has 2 aromatic rings. The van der Waals surface area contributed by atoms with Crippen LogP contribution in [0.5, 0.6) is 5.75 Å². The maximum absolute atomic E-state index is 13.1. The normalized spacial score (nSPS) is 11.7. The SMILES string of the molecule is CCNc1c(C)c(C(F)(F)F)nc2c(OC)cccc12. The molecule has 1 aromatic carbocycles. The van der Waals surface area contributed by atoms with Crippen LogP contribution >= 0.6 is 0 Å². The Balaban J connectivity index is 2.87. The van der Waals surface area contributed by atoms with Gasteiger partial charge in [0.2, 0.25) is 0 Å². The molecule has 0 unspecified atom stereocenters. The lowest BCUT2D eigenvalue weighted by atomic mass is 10.1. The summed E-state index contributed by atoms with van der Waals surface area (Å²) < 4.78 is 44.4. The first-order valence-corrected chi connectivity index (χ1v) is 6.18. The van der Waals surface area contributed by atoms with Gasteiger partial charge in [-0.1, -0.05) is 12.1 Å². The Hall–Kier alpha value is -1.98. The number of para-hydroxylation sites is 1. The maximum Gasteiger partial charge on any atom is 0.433 e. The number of alkyl halides is 3. The summed E-state index contributed by atoms with van der Waals surface area (Å²) >= 11 is 0. The Morgan fingerprint density at radius 2 is 2.00 bits per heavy atom.